The third-order valence-corrected chi connectivity index (χ3v) is 5.01. The molecular weight excluding hydrogens is 284 g/mol. The van der Waals surface area contributed by atoms with Crippen molar-refractivity contribution in [2.75, 3.05) is 6.54 Å². The lowest BCUT2D eigenvalue weighted by atomic mass is 10.1. The molecule has 2 heterocycles. The SMILES string of the molecule is CC(NS(=O)(=O)N1CCCCC1C(=O)O)c1ncc[nH]1. The van der Waals surface area contributed by atoms with Crippen molar-refractivity contribution < 1.29 is 18.3 Å². The maximum absolute atomic E-state index is 12.3. The Morgan fingerprint density at radius 2 is 2.35 bits per heavy atom. The van der Waals surface area contributed by atoms with Crippen LogP contribution in [0.2, 0.25) is 0 Å². The summed E-state index contributed by atoms with van der Waals surface area (Å²) in [5.41, 5.74) is 0. The van der Waals surface area contributed by atoms with Gasteiger partial charge in [0, 0.05) is 18.9 Å². The van der Waals surface area contributed by atoms with Crippen molar-refractivity contribution in [1.29, 1.82) is 0 Å². The molecule has 8 nitrogen and oxygen atoms in total. The molecule has 2 atom stereocenters. The van der Waals surface area contributed by atoms with E-state index in [1.165, 1.54) is 6.20 Å². The number of H-pyrrole nitrogens is 1. The first kappa shape index (κ1) is 14.9. The fraction of sp³-hybridized carbons (Fsp3) is 0.636. The molecular formula is C11H18N4O4S. The van der Waals surface area contributed by atoms with E-state index in [9.17, 15) is 13.2 Å². The molecule has 2 unspecified atom stereocenters. The third-order valence-electron chi connectivity index (χ3n) is 3.30. The summed E-state index contributed by atoms with van der Waals surface area (Å²) in [6.07, 6.45) is 4.85. The number of piperidine rings is 1. The van der Waals surface area contributed by atoms with Gasteiger partial charge in [-0.3, -0.25) is 4.79 Å². The van der Waals surface area contributed by atoms with Gasteiger partial charge < -0.3 is 10.1 Å². The van der Waals surface area contributed by atoms with Crippen molar-refractivity contribution in [2.24, 2.45) is 0 Å². The molecule has 0 amide bonds. The third kappa shape index (κ3) is 3.17. The van der Waals surface area contributed by atoms with E-state index < -0.39 is 28.3 Å². The summed E-state index contributed by atoms with van der Waals surface area (Å²) in [5, 5.41) is 9.14. The van der Waals surface area contributed by atoms with Crippen LogP contribution in [0, 0.1) is 0 Å². The van der Waals surface area contributed by atoms with Gasteiger partial charge >= 0.3 is 5.97 Å². The predicted octanol–water partition coefficient (Wildman–Crippen LogP) is 0.244. The minimum Gasteiger partial charge on any atom is -0.480 e. The van der Waals surface area contributed by atoms with E-state index in [-0.39, 0.29) is 6.54 Å². The van der Waals surface area contributed by atoms with E-state index in [0.717, 1.165) is 10.7 Å². The molecule has 0 aromatic carbocycles. The highest BCUT2D eigenvalue weighted by Gasteiger charge is 2.37. The van der Waals surface area contributed by atoms with E-state index in [1.807, 2.05) is 0 Å². The van der Waals surface area contributed by atoms with Crippen LogP contribution >= 0.6 is 0 Å². The first-order chi connectivity index (χ1) is 9.42. The lowest BCUT2D eigenvalue weighted by Gasteiger charge is -2.32. The van der Waals surface area contributed by atoms with E-state index in [1.54, 1.807) is 13.1 Å². The van der Waals surface area contributed by atoms with Crippen molar-refractivity contribution >= 4 is 16.2 Å². The van der Waals surface area contributed by atoms with E-state index in [4.69, 9.17) is 5.11 Å². The van der Waals surface area contributed by atoms with Crippen LogP contribution in [0.1, 0.15) is 38.1 Å². The molecule has 2 rings (SSSR count). The predicted molar refractivity (Wildman–Crippen MR) is 71.0 cm³/mol. The fourth-order valence-electron chi connectivity index (χ4n) is 2.30. The zero-order chi connectivity index (χ0) is 14.8. The number of nitrogens with zero attached hydrogens (tertiary/aromatic N) is 2. The Kier molecular flexibility index (Phi) is 4.41. The van der Waals surface area contributed by atoms with Gasteiger partial charge in [0.15, 0.2) is 0 Å². The zero-order valence-corrected chi connectivity index (χ0v) is 11.9. The molecule has 1 aliphatic rings. The number of carbonyl (C=O) groups is 1. The monoisotopic (exact) mass is 302 g/mol. The highest BCUT2D eigenvalue weighted by atomic mass is 32.2. The molecule has 0 aliphatic carbocycles. The Labute approximate surface area is 117 Å². The summed E-state index contributed by atoms with van der Waals surface area (Å²) < 4.78 is 28.1. The molecule has 1 aromatic rings. The van der Waals surface area contributed by atoms with Crippen LogP contribution in [-0.2, 0) is 15.0 Å². The maximum Gasteiger partial charge on any atom is 0.322 e. The molecule has 1 saturated heterocycles. The second kappa shape index (κ2) is 5.90. The van der Waals surface area contributed by atoms with Crippen LogP contribution in [0.15, 0.2) is 12.4 Å². The number of aromatic nitrogens is 2. The molecule has 0 saturated carbocycles. The number of nitrogens with one attached hydrogen (secondary N) is 2. The van der Waals surface area contributed by atoms with Gasteiger partial charge in [-0.05, 0) is 26.2 Å². The molecule has 1 aliphatic heterocycles. The number of rotatable bonds is 5. The summed E-state index contributed by atoms with van der Waals surface area (Å²) in [5.74, 6) is -0.627. The summed E-state index contributed by atoms with van der Waals surface area (Å²) >= 11 is 0. The molecule has 112 valence electrons. The Bertz CT molecular complexity index is 557. The average molecular weight is 302 g/mol. The molecule has 9 heteroatoms. The van der Waals surface area contributed by atoms with E-state index in [2.05, 4.69) is 14.7 Å². The lowest BCUT2D eigenvalue weighted by Crippen LogP contribution is -2.52. The number of hydrogen-bond donors (Lipinski definition) is 3. The van der Waals surface area contributed by atoms with Crippen LogP contribution in [0.5, 0.6) is 0 Å². The minimum atomic E-state index is -3.86. The van der Waals surface area contributed by atoms with Crippen molar-refractivity contribution in [3.8, 4) is 0 Å². The average Bonchev–Trinajstić information content (AvgIpc) is 2.92. The van der Waals surface area contributed by atoms with Gasteiger partial charge in [-0.25, -0.2) is 4.98 Å². The Morgan fingerprint density at radius 1 is 1.60 bits per heavy atom. The Morgan fingerprint density at radius 3 is 2.95 bits per heavy atom. The molecule has 0 radical (unpaired) electrons. The highest BCUT2D eigenvalue weighted by molar-refractivity contribution is 7.87. The number of aromatic amines is 1. The minimum absolute atomic E-state index is 0.219. The van der Waals surface area contributed by atoms with Gasteiger partial charge in [0.25, 0.3) is 10.2 Å². The number of imidazole rings is 1. The van der Waals surface area contributed by atoms with Gasteiger partial charge in [0.1, 0.15) is 11.9 Å². The highest BCUT2D eigenvalue weighted by Crippen LogP contribution is 2.21. The van der Waals surface area contributed by atoms with Crippen molar-refractivity contribution in [3.05, 3.63) is 18.2 Å². The summed E-state index contributed by atoms with van der Waals surface area (Å²) in [4.78, 5) is 18.0. The van der Waals surface area contributed by atoms with Gasteiger partial charge in [0.05, 0.1) is 6.04 Å². The summed E-state index contributed by atoms with van der Waals surface area (Å²) in [6, 6.07) is -1.54. The van der Waals surface area contributed by atoms with E-state index in [0.29, 0.717) is 18.7 Å². The Balaban J connectivity index is 2.14. The quantitative estimate of drug-likeness (QED) is 0.721. The van der Waals surface area contributed by atoms with Gasteiger partial charge in [-0.2, -0.15) is 17.4 Å². The standard InChI is InChI=1S/C11H18N4O4S/c1-8(10-12-5-6-13-10)14-20(18,19)15-7-3-2-4-9(15)11(16)17/h5-6,8-9,14H,2-4,7H2,1H3,(H,12,13)(H,16,17). The van der Waals surface area contributed by atoms with Crippen LogP contribution in [0.3, 0.4) is 0 Å². The van der Waals surface area contributed by atoms with Crippen molar-refractivity contribution in [3.63, 3.8) is 0 Å². The fourth-order valence-corrected chi connectivity index (χ4v) is 3.89. The smallest absolute Gasteiger partial charge is 0.322 e. The number of carboxylic acid groups (broad SMARTS) is 1. The Hall–Kier alpha value is -1.45. The number of carboxylic acids is 1. The zero-order valence-electron chi connectivity index (χ0n) is 11.1. The normalized spacial score (nSPS) is 22.6. The molecule has 1 aromatic heterocycles. The van der Waals surface area contributed by atoms with Crippen molar-refractivity contribution in [2.45, 2.75) is 38.3 Å². The molecule has 0 bridgehead atoms. The number of aliphatic carboxylic acids is 1. The molecule has 1 fully saturated rings. The number of hydrogen-bond acceptors (Lipinski definition) is 4. The summed E-state index contributed by atoms with van der Waals surface area (Å²) in [7, 11) is -3.86. The second-order valence-electron chi connectivity index (χ2n) is 4.78. The molecule has 20 heavy (non-hydrogen) atoms. The second-order valence-corrected chi connectivity index (χ2v) is 6.43. The van der Waals surface area contributed by atoms with Crippen molar-refractivity contribution in [1.82, 2.24) is 19.0 Å². The van der Waals surface area contributed by atoms with Crippen LogP contribution in [0.25, 0.3) is 0 Å². The molecule has 3 N–H and O–H groups in total. The topological polar surface area (TPSA) is 115 Å². The first-order valence-electron chi connectivity index (χ1n) is 6.43. The maximum atomic E-state index is 12.3. The first-order valence-corrected chi connectivity index (χ1v) is 7.87. The van der Waals surface area contributed by atoms with Gasteiger partial charge in [0.2, 0.25) is 0 Å². The molecule has 0 spiro atoms. The largest absolute Gasteiger partial charge is 0.480 e. The van der Waals surface area contributed by atoms with Crippen LogP contribution in [0.4, 0.5) is 0 Å². The lowest BCUT2D eigenvalue weighted by molar-refractivity contribution is -0.142. The van der Waals surface area contributed by atoms with Crippen LogP contribution in [-0.4, -0.2) is 46.4 Å². The summed E-state index contributed by atoms with van der Waals surface area (Å²) in [6.45, 7) is 1.87. The van der Waals surface area contributed by atoms with E-state index >= 15 is 0 Å². The van der Waals surface area contributed by atoms with Gasteiger partial charge in [-0.15, -0.1) is 0 Å². The van der Waals surface area contributed by atoms with Gasteiger partial charge in [-0.1, -0.05) is 0 Å². The van der Waals surface area contributed by atoms with Crippen LogP contribution < -0.4 is 4.72 Å².